The van der Waals surface area contributed by atoms with Crippen LogP contribution in [0.3, 0.4) is 0 Å². The summed E-state index contributed by atoms with van der Waals surface area (Å²) in [6, 6.07) is 4.55. The second-order valence-corrected chi connectivity index (χ2v) is 8.69. The molecule has 0 aromatic heterocycles. The maximum Gasteiger partial charge on any atom is 0.319 e. The molecule has 2 heterocycles. The first-order chi connectivity index (χ1) is 15.3. The van der Waals surface area contributed by atoms with Gasteiger partial charge in [-0.25, -0.2) is 4.79 Å². The Morgan fingerprint density at radius 3 is 2.75 bits per heavy atom. The van der Waals surface area contributed by atoms with E-state index in [0.717, 1.165) is 12.8 Å². The van der Waals surface area contributed by atoms with Gasteiger partial charge < -0.3 is 30.3 Å². The van der Waals surface area contributed by atoms with Crippen LogP contribution in [0.1, 0.15) is 56.8 Å². The Morgan fingerprint density at radius 1 is 1.25 bits per heavy atom. The molecule has 4 amide bonds. The number of carbonyl (C=O) groups is 3. The van der Waals surface area contributed by atoms with Crippen molar-refractivity contribution >= 4 is 23.5 Å². The van der Waals surface area contributed by atoms with E-state index in [4.69, 9.17) is 9.47 Å². The smallest absolute Gasteiger partial charge is 0.319 e. The molecule has 1 aromatic carbocycles. The molecule has 9 heteroatoms. The molecular formula is C23H34N4O5. The van der Waals surface area contributed by atoms with Gasteiger partial charge in [0, 0.05) is 25.3 Å². The Labute approximate surface area is 189 Å². The summed E-state index contributed by atoms with van der Waals surface area (Å²) in [5.74, 6) is 0.241. The molecule has 32 heavy (non-hydrogen) atoms. The van der Waals surface area contributed by atoms with E-state index in [1.807, 2.05) is 20.8 Å². The van der Waals surface area contributed by atoms with Gasteiger partial charge in [0.1, 0.15) is 18.5 Å². The summed E-state index contributed by atoms with van der Waals surface area (Å²) in [7, 11) is 1.76. The van der Waals surface area contributed by atoms with Gasteiger partial charge in [-0.1, -0.05) is 6.92 Å². The third-order valence-electron chi connectivity index (χ3n) is 5.67. The number of nitrogens with zero attached hydrogens (tertiary/aromatic N) is 1. The maximum atomic E-state index is 13.2. The van der Waals surface area contributed by atoms with Gasteiger partial charge in [-0.3, -0.25) is 9.59 Å². The minimum Gasteiger partial charge on any atom is -0.490 e. The number of nitrogens with one attached hydrogen (secondary N) is 3. The molecule has 3 rings (SSSR count). The van der Waals surface area contributed by atoms with Gasteiger partial charge in [-0.05, 0) is 51.3 Å². The van der Waals surface area contributed by atoms with E-state index in [0.29, 0.717) is 36.4 Å². The summed E-state index contributed by atoms with van der Waals surface area (Å²) in [5, 5.41) is 8.39. The Bertz CT molecular complexity index is 844. The van der Waals surface area contributed by atoms with Crippen LogP contribution < -0.4 is 20.7 Å². The van der Waals surface area contributed by atoms with E-state index in [9.17, 15) is 14.4 Å². The second-order valence-electron chi connectivity index (χ2n) is 8.69. The molecular weight excluding hydrogens is 412 g/mol. The second kappa shape index (κ2) is 10.7. The minimum atomic E-state index is -0.331. The van der Waals surface area contributed by atoms with Crippen molar-refractivity contribution in [3.63, 3.8) is 0 Å². The highest BCUT2D eigenvalue weighted by molar-refractivity contribution is 5.99. The fourth-order valence-corrected chi connectivity index (χ4v) is 4.08. The van der Waals surface area contributed by atoms with Crippen LogP contribution >= 0.6 is 0 Å². The molecule has 2 aliphatic heterocycles. The van der Waals surface area contributed by atoms with Crippen LogP contribution in [0.2, 0.25) is 0 Å². The Balaban J connectivity index is 1.70. The number of ether oxygens (including phenoxy) is 2. The van der Waals surface area contributed by atoms with Crippen LogP contribution in [0.4, 0.5) is 10.5 Å². The van der Waals surface area contributed by atoms with Crippen molar-refractivity contribution in [2.75, 3.05) is 25.5 Å². The summed E-state index contributed by atoms with van der Waals surface area (Å²) in [4.78, 5) is 39.0. The fraction of sp³-hybridized carbons (Fsp3) is 0.609. The van der Waals surface area contributed by atoms with E-state index in [1.54, 1.807) is 30.1 Å². The largest absolute Gasteiger partial charge is 0.490 e. The average molecular weight is 447 g/mol. The molecule has 0 radical (unpaired) electrons. The van der Waals surface area contributed by atoms with Crippen molar-refractivity contribution < 1.29 is 23.9 Å². The third-order valence-corrected chi connectivity index (χ3v) is 5.67. The van der Waals surface area contributed by atoms with Crippen LogP contribution in [-0.2, 0) is 9.53 Å². The first kappa shape index (κ1) is 23.8. The molecule has 0 saturated carbocycles. The topological polar surface area (TPSA) is 109 Å². The third kappa shape index (κ3) is 5.91. The maximum absolute atomic E-state index is 13.2. The number of hydrogen-bond acceptors (Lipinski definition) is 5. The summed E-state index contributed by atoms with van der Waals surface area (Å²) in [5.41, 5.74) is 0.914. The van der Waals surface area contributed by atoms with E-state index in [2.05, 4.69) is 16.0 Å². The fourth-order valence-electron chi connectivity index (χ4n) is 4.08. The van der Waals surface area contributed by atoms with Crippen molar-refractivity contribution in [2.24, 2.45) is 0 Å². The normalized spacial score (nSPS) is 22.7. The Hall–Kier alpha value is -2.81. The van der Waals surface area contributed by atoms with E-state index in [-0.39, 0.29) is 48.7 Å². The van der Waals surface area contributed by atoms with Crippen molar-refractivity contribution in [2.45, 2.75) is 70.7 Å². The molecule has 0 spiro atoms. The average Bonchev–Trinajstić information content (AvgIpc) is 2.74. The summed E-state index contributed by atoms with van der Waals surface area (Å²) >= 11 is 0. The Morgan fingerprint density at radius 2 is 2.03 bits per heavy atom. The van der Waals surface area contributed by atoms with Crippen LogP contribution in [0.15, 0.2) is 18.2 Å². The molecule has 9 nitrogen and oxygen atoms in total. The van der Waals surface area contributed by atoms with Crippen molar-refractivity contribution in [1.29, 1.82) is 0 Å². The van der Waals surface area contributed by atoms with Crippen molar-refractivity contribution in [3.8, 4) is 5.75 Å². The van der Waals surface area contributed by atoms with Gasteiger partial charge in [0.25, 0.3) is 5.91 Å². The lowest BCUT2D eigenvalue weighted by molar-refractivity contribution is -0.134. The number of carbonyl (C=O) groups excluding carboxylic acids is 3. The molecule has 0 bridgehead atoms. The summed E-state index contributed by atoms with van der Waals surface area (Å²) in [6.07, 6.45) is 2.12. The molecule has 176 valence electrons. The number of fused-ring (bicyclic) bond motifs is 2. The number of likely N-dealkylation sites (N-methyl/N-ethyl adjacent to an activating group) is 1. The molecule has 3 N–H and O–H groups in total. The number of rotatable bonds is 6. The van der Waals surface area contributed by atoms with Gasteiger partial charge in [0.05, 0.1) is 24.1 Å². The van der Waals surface area contributed by atoms with Crippen LogP contribution in [0.5, 0.6) is 5.75 Å². The lowest BCUT2D eigenvalue weighted by Crippen LogP contribution is -2.54. The molecule has 2 aliphatic rings. The standard InChI is InChI=1S/C23H34N4O5/c1-5-10-24-21(28)12-16-7-8-18-20(32-16)13-31-19-9-6-15(26-23(30)25-14(2)3)11-17(19)22(29)27(18)4/h6,9,11,14,16,18,20H,5,7-8,10,12-13H2,1-4H3,(H,24,28)(H2,25,26,30)/t16-,18-,20-/m0/s1. The zero-order chi connectivity index (χ0) is 23.3. The SMILES string of the molecule is CCCNC(=O)C[C@@H]1CC[C@H]2[C@H](COc3ccc(NC(=O)NC(C)C)cc3C(=O)N2C)O1. The quantitative estimate of drug-likeness (QED) is 0.622. The van der Waals surface area contributed by atoms with Gasteiger partial charge in [-0.15, -0.1) is 0 Å². The molecule has 3 atom stereocenters. The number of amides is 4. The highest BCUT2D eigenvalue weighted by Crippen LogP contribution is 2.32. The van der Waals surface area contributed by atoms with Crippen LogP contribution in [0, 0.1) is 0 Å². The number of urea groups is 1. The van der Waals surface area contributed by atoms with E-state index in [1.165, 1.54) is 0 Å². The molecule has 1 fully saturated rings. The van der Waals surface area contributed by atoms with Gasteiger partial charge in [0.2, 0.25) is 5.91 Å². The number of anilines is 1. The number of hydrogen-bond donors (Lipinski definition) is 3. The minimum absolute atomic E-state index is 0.000203. The van der Waals surface area contributed by atoms with Crippen LogP contribution in [0.25, 0.3) is 0 Å². The first-order valence-corrected chi connectivity index (χ1v) is 11.3. The Kier molecular flexibility index (Phi) is 7.95. The summed E-state index contributed by atoms with van der Waals surface area (Å²) in [6.45, 7) is 6.69. The lowest BCUT2D eigenvalue weighted by Gasteiger charge is -2.42. The molecule has 0 unspecified atom stereocenters. The lowest BCUT2D eigenvalue weighted by atomic mass is 9.94. The highest BCUT2D eigenvalue weighted by Gasteiger charge is 2.39. The first-order valence-electron chi connectivity index (χ1n) is 11.3. The van der Waals surface area contributed by atoms with Gasteiger partial charge in [-0.2, -0.15) is 0 Å². The van der Waals surface area contributed by atoms with E-state index < -0.39 is 0 Å². The van der Waals surface area contributed by atoms with E-state index >= 15 is 0 Å². The van der Waals surface area contributed by atoms with Crippen molar-refractivity contribution in [3.05, 3.63) is 23.8 Å². The monoisotopic (exact) mass is 446 g/mol. The zero-order valence-corrected chi connectivity index (χ0v) is 19.3. The molecule has 0 aliphatic carbocycles. The zero-order valence-electron chi connectivity index (χ0n) is 19.3. The predicted octanol–water partition coefficient (Wildman–Crippen LogP) is 2.51. The number of benzene rings is 1. The van der Waals surface area contributed by atoms with Gasteiger partial charge >= 0.3 is 6.03 Å². The molecule has 1 aromatic rings. The van der Waals surface area contributed by atoms with Crippen molar-refractivity contribution in [1.82, 2.24) is 15.5 Å². The predicted molar refractivity (Wildman–Crippen MR) is 121 cm³/mol. The summed E-state index contributed by atoms with van der Waals surface area (Å²) < 4.78 is 12.1. The molecule has 1 saturated heterocycles. The van der Waals surface area contributed by atoms with Crippen LogP contribution in [-0.4, -0.2) is 67.2 Å². The highest BCUT2D eigenvalue weighted by atomic mass is 16.5. The van der Waals surface area contributed by atoms with Gasteiger partial charge in [0.15, 0.2) is 0 Å².